The maximum atomic E-state index is 10.7. The molecule has 0 saturated heterocycles. The summed E-state index contributed by atoms with van der Waals surface area (Å²) in [5.41, 5.74) is 0.550. The fourth-order valence-electron chi connectivity index (χ4n) is 0.913. The van der Waals surface area contributed by atoms with Crippen LogP contribution >= 0.6 is 11.8 Å². The number of carbonyl (C=O) groups excluding carboxylic acids is 1. The molecule has 70 valence electrons. The predicted molar refractivity (Wildman–Crippen MR) is 50.1 cm³/mol. The average molecular weight is 206 g/mol. The summed E-state index contributed by atoms with van der Waals surface area (Å²) in [7, 11) is 0. The summed E-state index contributed by atoms with van der Waals surface area (Å²) in [6.45, 7) is 0. The molecular weight excluding hydrogens is 200 g/mol. The fourth-order valence-corrected chi connectivity index (χ4v) is 1.64. The molecule has 5 nitrogen and oxygen atoms in total. The van der Waals surface area contributed by atoms with E-state index in [2.05, 4.69) is 20.2 Å². The number of H-pyrrole nitrogens is 1. The third-order valence-corrected chi connectivity index (χ3v) is 2.44. The van der Waals surface area contributed by atoms with Crippen molar-refractivity contribution in [1.82, 2.24) is 20.2 Å². The van der Waals surface area contributed by atoms with Gasteiger partial charge in [0, 0.05) is 11.8 Å². The van der Waals surface area contributed by atoms with E-state index >= 15 is 0 Å². The molecule has 0 aliphatic carbocycles. The summed E-state index contributed by atoms with van der Waals surface area (Å²) in [5.74, 6) is 0. The van der Waals surface area contributed by atoms with Crippen molar-refractivity contribution in [3.05, 3.63) is 30.2 Å². The first-order valence-corrected chi connectivity index (χ1v) is 4.65. The SMILES string of the molecule is O=Cc1cccnc1Sc1ncn[nH]1. The topological polar surface area (TPSA) is 71.5 Å². The number of nitrogens with one attached hydrogen (secondary N) is 1. The van der Waals surface area contributed by atoms with Gasteiger partial charge in [-0.05, 0) is 23.9 Å². The minimum absolute atomic E-state index is 0.550. The molecule has 0 bridgehead atoms. The first kappa shape index (κ1) is 8.89. The van der Waals surface area contributed by atoms with Crippen LogP contribution in [0.15, 0.2) is 34.8 Å². The van der Waals surface area contributed by atoms with Gasteiger partial charge >= 0.3 is 0 Å². The molecule has 0 aromatic carbocycles. The van der Waals surface area contributed by atoms with Crippen molar-refractivity contribution in [3.8, 4) is 0 Å². The smallest absolute Gasteiger partial charge is 0.189 e. The van der Waals surface area contributed by atoms with Gasteiger partial charge in [-0.3, -0.25) is 9.89 Å². The molecule has 2 aromatic rings. The van der Waals surface area contributed by atoms with Gasteiger partial charge in [0.2, 0.25) is 0 Å². The van der Waals surface area contributed by atoms with E-state index in [-0.39, 0.29) is 0 Å². The standard InChI is InChI=1S/C8H6N4OS/c13-4-6-2-1-3-9-7(6)14-8-10-5-11-12-8/h1-5H,(H,10,11,12). The molecule has 1 N–H and O–H groups in total. The number of aldehydes is 1. The average Bonchev–Trinajstić information content (AvgIpc) is 2.71. The molecule has 0 radical (unpaired) electrons. The molecular formula is C8H6N4OS. The second-order valence-electron chi connectivity index (χ2n) is 2.41. The second-order valence-corrected chi connectivity index (χ2v) is 3.39. The van der Waals surface area contributed by atoms with Crippen LogP contribution in [0.5, 0.6) is 0 Å². The molecule has 0 aliphatic heterocycles. The Kier molecular flexibility index (Phi) is 2.55. The number of hydrogen-bond donors (Lipinski definition) is 1. The highest BCUT2D eigenvalue weighted by molar-refractivity contribution is 7.99. The molecule has 2 rings (SSSR count). The first-order chi connectivity index (χ1) is 6.90. The fraction of sp³-hybridized carbons (Fsp3) is 0. The maximum Gasteiger partial charge on any atom is 0.189 e. The molecule has 14 heavy (non-hydrogen) atoms. The Bertz CT molecular complexity index is 429. The van der Waals surface area contributed by atoms with Crippen molar-refractivity contribution >= 4 is 18.0 Å². The van der Waals surface area contributed by atoms with Gasteiger partial charge in [-0.25, -0.2) is 9.97 Å². The Balaban J connectivity index is 2.28. The van der Waals surface area contributed by atoms with Gasteiger partial charge in [0.25, 0.3) is 0 Å². The Hall–Kier alpha value is -1.69. The van der Waals surface area contributed by atoms with Gasteiger partial charge in [0.05, 0.1) is 0 Å². The van der Waals surface area contributed by atoms with Crippen LogP contribution in [-0.2, 0) is 0 Å². The zero-order chi connectivity index (χ0) is 9.80. The van der Waals surface area contributed by atoms with Crippen LogP contribution in [0, 0.1) is 0 Å². The highest BCUT2D eigenvalue weighted by atomic mass is 32.2. The summed E-state index contributed by atoms with van der Waals surface area (Å²) in [5, 5.41) is 7.63. The number of aromatic amines is 1. The highest BCUT2D eigenvalue weighted by Crippen LogP contribution is 2.23. The molecule has 0 unspecified atom stereocenters. The van der Waals surface area contributed by atoms with Crippen LogP contribution in [0.25, 0.3) is 0 Å². The van der Waals surface area contributed by atoms with Crippen molar-refractivity contribution in [2.75, 3.05) is 0 Å². The van der Waals surface area contributed by atoms with Crippen molar-refractivity contribution in [3.63, 3.8) is 0 Å². The van der Waals surface area contributed by atoms with Crippen molar-refractivity contribution in [2.24, 2.45) is 0 Å². The number of rotatable bonds is 3. The number of pyridine rings is 1. The van der Waals surface area contributed by atoms with E-state index in [1.54, 1.807) is 18.3 Å². The van der Waals surface area contributed by atoms with E-state index < -0.39 is 0 Å². The molecule has 0 aliphatic rings. The second kappa shape index (κ2) is 4.01. The molecule has 6 heteroatoms. The molecule has 0 spiro atoms. The lowest BCUT2D eigenvalue weighted by Crippen LogP contribution is -1.88. The van der Waals surface area contributed by atoms with E-state index in [4.69, 9.17) is 0 Å². The molecule has 2 aromatic heterocycles. The lowest BCUT2D eigenvalue weighted by molar-refractivity contribution is 0.112. The number of nitrogens with zero attached hydrogens (tertiary/aromatic N) is 3. The summed E-state index contributed by atoms with van der Waals surface area (Å²) in [6, 6.07) is 3.42. The summed E-state index contributed by atoms with van der Waals surface area (Å²) >= 11 is 1.27. The van der Waals surface area contributed by atoms with Crippen LogP contribution in [0.1, 0.15) is 10.4 Å². The number of carbonyl (C=O) groups is 1. The summed E-state index contributed by atoms with van der Waals surface area (Å²) in [6.07, 6.45) is 3.81. The van der Waals surface area contributed by atoms with Gasteiger partial charge < -0.3 is 0 Å². The van der Waals surface area contributed by atoms with Gasteiger partial charge in [0.1, 0.15) is 11.4 Å². The normalized spacial score (nSPS) is 10.0. The van der Waals surface area contributed by atoms with Gasteiger partial charge in [0.15, 0.2) is 11.4 Å². The third-order valence-electron chi connectivity index (χ3n) is 1.51. The van der Waals surface area contributed by atoms with Crippen LogP contribution < -0.4 is 0 Å². The van der Waals surface area contributed by atoms with E-state index in [0.29, 0.717) is 15.7 Å². The largest absolute Gasteiger partial charge is 0.298 e. The number of aromatic nitrogens is 4. The Morgan fingerprint density at radius 2 is 2.36 bits per heavy atom. The third kappa shape index (κ3) is 1.80. The predicted octanol–water partition coefficient (Wildman–Crippen LogP) is 1.16. The Labute approximate surface area is 84.0 Å². The van der Waals surface area contributed by atoms with Gasteiger partial charge in [-0.1, -0.05) is 0 Å². The van der Waals surface area contributed by atoms with E-state index in [9.17, 15) is 4.79 Å². The molecule has 2 heterocycles. The van der Waals surface area contributed by atoms with Gasteiger partial charge in [-0.15, -0.1) is 0 Å². The van der Waals surface area contributed by atoms with E-state index in [0.717, 1.165) is 6.29 Å². The van der Waals surface area contributed by atoms with Crippen LogP contribution in [0.2, 0.25) is 0 Å². The minimum Gasteiger partial charge on any atom is -0.298 e. The lowest BCUT2D eigenvalue weighted by Gasteiger charge is -1.98. The quantitative estimate of drug-likeness (QED) is 0.763. The Morgan fingerprint density at radius 3 is 3.07 bits per heavy atom. The monoisotopic (exact) mass is 206 g/mol. The maximum absolute atomic E-state index is 10.7. The van der Waals surface area contributed by atoms with Crippen LogP contribution in [0.4, 0.5) is 0 Å². The molecule has 0 saturated carbocycles. The lowest BCUT2D eigenvalue weighted by atomic mass is 10.3. The zero-order valence-corrected chi connectivity index (χ0v) is 7.86. The minimum atomic E-state index is 0.550. The van der Waals surface area contributed by atoms with E-state index in [1.165, 1.54) is 18.1 Å². The van der Waals surface area contributed by atoms with Gasteiger partial charge in [-0.2, -0.15) is 5.10 Å². The summed E-state index contributed by atoms with van der Waals surface area (Å²) in [4.78, 5) is 18.7. The van der Waals surface area contributed by atoms with Crippen LogP contribution in [0.3, 0.4) is 0 Å². The highest BCUT2D eigenvalue weighted by Gasteiger charge is 2.05. The summed E-state index contributed by atoms with van der Waals surface area (Å²) < 4.78 is 0. The molecule has 0 amide bonds. The first-order valence-electron chi connectivity index (χ1n) is 3.83. The zero-order valence-electron chi connectivity index (χ0n) is 7.04. The van der Waals surface area contributed by atoms with Crippen LogP contribution in [-0.4, -0.2) is 26.5 Å². The Morgan fingerprint density at radius 1 is 1.43 bits per heavy atom. The van der Waals surface area contributed by atoms with E-state index in [1.807, 2.05) is 0 Å². The van der Waals surface area contributed by atoms with Crippen molar-refractivity contribution < 1.29 is 4.79 Å². The molecule has 0 atom stereocenters. The van der Waals surface area contributed by atoms with Crippen molar-refractivity contribution in [2.45, 2.75) is 10.2 Å². The molecule has 0 fully saturated rings. The number of hydrogen-bond acceptors (Lipinski definition) is 5. The van der Waals surface area contributed by atoms with Crippen molar-refractivity contribution in [1.29, 1.82) is 0 Å².